The Balaban J connectivity index is 4.24. The van der Waals surface area contributed by atoms with E-state index < -0.39 is 34.9 Å². The highest BCUT2D eigenvalue weighted by Crippen LogP contribution is 2.26. The van der Waals surface area contributed by atoms with Gasteiger partial charge in [0.15, 0.2) is 23.7 Å². The molecule has 0 saturated carbocycles. The fraction of sp³-hybridized carbons (Fsp3) is 0.810. The molecule has 0 aliphatic heterocycles. The zero-order chi connectivity index (χ0) is 23.9. The van der Waals surface area contributed by atoms with Gasteiger partial charge in [0.2, 0.25) is 0 Å². The Morgan fingerprint density at radius 2 is 1.03 bits per heavy atom. The number of carboxylic acid groups (broad SMARTS) is 2. The van der Waals surface area contributed by atoms with E-state index in [1.807, 2.05) is 12.5 Å². The molecule has 0 aromatic heterocycles. The van der Waals surface area contributed by atoms with Crippen LogP contribution >= 0.6 is 23.5 Å². The minimum Gasteiger partial charge on any atom is -0.480 e. The van der Waals surface area contributed by atoms with E-state index in [0.717, 1.165) is 44.9 Å². The average Bonchev–Trinajstić information content (AvgIpc) is 2.74. The number of hydrogen-bond acceptors (Lipinski definition) is 8. The van der Waals surface area contributed by atoms with Gasteiger partial charge in [-0.05, 0) is 36.9 Å². The zero-order valence-corrected chi connectivity index (χ0v) is 20.2. The summed E-state index contributed by atoms with van der Waals surface area (Å²) in [7, 11) is 0. The number of nitrogens with two attached hydrogens (primary N) is 2. The van der Waals surface area contributed by atoms with Gasteiger partial charge in [-0.25, -0.2) is 9.59 Å². The van der Waals surface area contributed by atoms with Crippen LogP contribution in [0.3, 0.4) is 0 Å². The van der Waals surface area contributed by atoms with Gasteiger partial charge < -0.3 is 31.3 Å². The van der Waals surface area contributed by atoms with Gasteiger partial charge in [0.25, 0.3) is 0 Å². The number of hydrogen-bond donors (Lipinski definition) is 4. The molecular formula is C21H38N2O6S2. The highest BCUT2D eigenvalue weighted by molar-refractivity contribution is 7.98. The second-order valence-electron chi connectivity index (χ2n) is 8.07. The van der Waals surface area contributed by atoms with E-state index in [1.165, 1.54) is 23.5 Å². The molecule has 0 saturated heterocycles. The van der Waals surface area contributed by atoms with Crippen LogP contribution in [-0.2, 0) is 19.2 Å². The third kappa shape index (κ3) is 9.51. The Labute approximate surface area is 193 Å². The Kier molecular flexibility index (Phi) is 15.1. The van der Waals surface area contributed by atoms with Crippen molar-refractivity contribution in [3.8, 4) is 0 Å². The first kappa shape index (κ1) is 29.9. The summed E-state index contributed by atoms with van der Waals surface area (Å²) in [5.41, 5.74) is 7.99. The molecule has 180 valence electrons. The predicted molar refractivity (Wildman–Crippen MR) is 127 cm³/mol. The number of aliphatic carboxylic acids is 2. The lowest BCUT2D eigenvalue weighted by molar-refractivity contribution is -0.148. The molecule has 0 aliphatic rings. The highest BCUT2D eigenvalue weighted by atomic mass is 32.2. The maximum atomic E-state index is 11.4. The van der Waals surface area contributed by atoms with Crippen molar-refractivity contribution in [2.75, 3.05) is 24.0 Å². The van der Waals surface area contributed by atoms with Crippen molar-refractivity contribution in [1.82, 2.24) is 0 Å². The van der Waals surface area contributed by atoms with Crippen molar-refractivity contribution in [1.29, 1.82) is 0 Å². The predicted octanol–water partition coefficient (Wildman–Crippen LogP) is 2.42. The summed E-state index contributed by atoms with van der Waals surface area (Å²) in [6.07, 6.45) is 12.1. The normalized spacial score (nSPS) is 17.2. The van der Waals surface area contributed by atoms with E-state index in [-0.39, 0.29) is 0 Å². The SMILES string of the molecule is CSCC(CCCCCCCCCC(CSC)C(N)(C=O)C(=O)O)C(N)(C=O)C(=O)O. The van der Waals surface area contributed by atoms with E-state index in [2.05, 4.69) is 0 Å². The van der Waals surface area contributed by atoms with Crippen molar-refractivity contribution in [2.45, 2.75) is 68.9 Å². The van der Waals surface area contributed by atoms with Crippen LogP contribution < -0.4 is 11.5 Å². The summed E-state index contributed by atoms with van der Waals surface area (Å²) in [6.45, 7) is 0. The molecule has 4 unspecified atom stereocenters. The second-order valence-corrected chi connectivity index (χ2v) is 9.89. The number of aldehydes is 2. The van der Waals surface area contributed by atoms with Crippen LogP contribution in [0.2, 0.25) is 0 Å². The minimum atomic E-state index is -1.83. The number of carboxylic acids is 2. The van der Waals surface area contributed by atoms with Crippen LogP contribution in [0.1, 0.15) is 57.8 Å². The van der Waals surface area contributed by atoms with Crippen molar-refractivity contribution in [2.24, 2.45) is 23.3 Å². The van der Waals surface area contributed by atoms with E-state index in [0.29, 0.717) is 36.9 Å². The summed E-state index contributed by atoms with van der Waals surface area (Å²) in [6, 6.07) is 0. The van der Waals surface area contributed by atoms with Crippen LogP contribution in [0, 0.1) is 11.8 Å². The van der Waals surface area contributed by atoms with Crippen molar-refractivity contribution >= 4 is 48.0 Å². The number of unbranched alkanes of at least 4 members (excludes halogenated alkanes) is 6. The van der Waals surface area contributed by atoms with Gasteiger partial charge in [0.05, 0.1) is 0 Å². The van der Waals surface area contributed by atoms with Crippen LogP contribution in [0.5, 0.6) is 0 Å². The molecule has 0 heterocycles. The van der Waals surface area contributed by atoms with Gasteiger partial charge in [-0.1, -0.05) is 44.9 Å². The lowest BCUT2D eigenvalue weighted by atomic mass is 9.83. The van der Waals surface area contributed by atoms with Gasteiger partial charge in [-0.3, -0.25) is 0 Å². The summed E-state index contributed by atoms with van der Waals surface area (Å²) >= 11 is 2.97. The molecule has 0 aromatic rings. The standard InChI is InChI=1S/C21H38N2O6S2/c1-30-12-16(20(22,14-24)18(26)27)10-8-6-4-3-5-7-9-11-17(13-31-2)21(23,15-25)19(28)29/h14-17H,3-13,22-23H2,1-2H3,(H,26,27)(H,28,29). The smallest absolute Gasteiger partial charge is 0.331 e. The number of thioether (sulfide) groups is 2. The molecule has 0 aliphatic carbocycles. The summed E-state index contributed by atoms with van der Waals surface area (Å²) in [5.74, 6) is -2.29. The van der Waals surface area contributed by atoms with Crippen LogP contribution in [-0.4, -0.2) is 69.8 Å². The van der Waals surface area contributed by atoms with Gasteiger partial charge >= 0.3 is 11.9 Å². The number of carbonyl (C=O) groups is 4. The van der Waals surface area contributed by atoms with E-state index in [4.69, 9.17) is 11.5 Å². The summed E-state index contributed by atoms with van der Waals surface area (Å²) in [5, 5.41) is 18.6. The Bertz CT molecular complexity index is 532. The molecule has 6 N–H and O–H groups in total. The average molecular weight is 479 g/mol. The molecule has 31 heavy (non-hydrogen) atoms. The fourth-order valence-corrected chi connectivity index (χ4v) is 5.32. The molecule has 8 nitrogen and oxygen atoms in total. The lowest BCUT2D eigenvalue weighted by Crippen LogP contribution is -2.56. The van der Waals surface area contributed by atoms with E-state index in [9.17, 15) is 29.4 Å². The first-order chi connectivity index (χ1) is 14.6. The number of carbonyl (C=O) groups excluding carboxylic acids is 2. The Hall–Kier alpha value is -1.10. The maximum Gasteiger partial charge on any atom is 0.331 e. The first-order valence-electron chi connectivity index (χ1n) is 10.6. The topological polar surface area (TPSA) is 161 Å². The molecule has 0 fully saturated rings. The van der Waals surface area contributed by atoms with E-state index in [1.54, 1.807) is 0 Å². The summed E-state index contributed by atoms with van der Waals surface area (Å²) < 4.78 is 0. The Morgan fingerprint density at radius 1 is 0.742 bits per heavy atom. The molecule has 0 bridgehead atoms. The largest absolute Gasteiger partial charge is 0.480 e. The fourth-order valence-electron chi connectivity index (χ4n) is 3.63. The van der Waals surface area contributed by atoms with Crippen molar-refractivity contribution < 1.29 is 29.4 Å². The van der Waals surface area contributed by atoms with E-state index >= 15 is 0 Å². The van der Waals surface area contributed by atoms with Crippen LogP contribution in [0.4, 0.5) is 0 Å². The highest BCUT2D eigenvalue weighted by Gasteiger charge is 2.42. The third-order valence-corrected chi connectivity index (χ3v) is 7.29. The maximum absolute atomic E-state index is 11.4. The molecular weight excluding hydrogens is 440 g/mol. The zero-order valence-electron chi connectivity index (χ0n) is 18.6. The van der Waals surface area contributed by atoms with Gasteiger partial charge in [0, 0.05) is 11.8 Å². The quantitative estimate of drug-likeness (QED) is 0.116. The third-order valence-electron chi connectivity index (χ3n) is 5.82. The molecule has 0 spiro atoms. The monoisotopic (exact) mass is 478 g/mol. The Morgan fingerprint density at radius 3 is 1.26 bits per heavy atom. The van der Waals surface area contributed by atoms with Crippen LogP contribution in [0.15, 0.2) is 0 Å². The number of rotatable bonds is 20. The van der Waals surface area contributed by atoms with Crippen LogP contribution in [0.25, 0.3) is 0 Å². The van der Waals surface area contributed by atoms with Gasteiger partial charge in [-0.2, -0.15) is 23.5 Å². The van der Waals surface area contributed by atoms with Crippen molar-refractivity contribution in [3.05, 3.63) is 0 Å². The summed E-state index contributed by atoms with van der Waals surface area (Å²) in [4.78, 5) is 45.3. The second kappa shape index (κ2) is 15.7. The molecule has 0 radical (unpaired) electrons. The lowest BCUT2D eigenvalue weighted by Gasteiger charge is -2.28. The van der Waals surface area contributed by atoms with Gasteiger partial charge in [-0.15, -0.1) is 0 Å². The first-order valence-corrected chi connectivity index (χ1v) is 13.4. The van der Waals surface area contributed by atoms with Gasteiger partial charge in [0.1, 0.15) is 0 Å². The van der Waals surface area contributed by atoms with Crippen molar-refractivity contribution in [3.63, 3.8) is 0 Å². The molecule has 0 aromatic carbocycles. The molecule has 4 atom stereocenters. The minimum absolute atomic E-state index is 0.353. The molecule has 0 rings (SSSR count). The molecule has 0 amide bonds. The molecule has 10 heteroatoms.